The zero-order valence-corrected chi connectivity index (χ0v) is 22.0. The van der Waals surface area contributed by atoms with E-state index >= 15 is 0 Å². The predicted molar refractivity (Wildman–Crippen MR) is 138 cm³/mol. The normalized spacial score (nSPS) is 15.2. The van der Waals surface area contributed by atoms with Crippen LogP contribution in [0.25, 0.3) is 0 Å². The summed E-state index contributed by atoms with van der Waals surface area (Å²) in [4.78, 5) is 62.2. The molecule has 3 N–H and O–H groups in total. The quantitative estimate of drug-likeness (QED) is 0.381. The maximum absolute atomic E-state index is 12.9. The van der Waals surface area contributed by atoms with Gasteiger partial charge in [0.05, 0.1) is 6.04 Å². The molecule has 196 valence electrons. The third-order valence-electron chi connectivity index (χ3n) is 5.79. The second kappa shape index (κ2) is 12.6. The summed E-state index contributed by atoms with van der Waals surface area (Å²) in [5.41, 5.74) is 1.75. The van der Waals surface area contributed by atoms with Gasteiger partial charge in [0, 0.05) is 55.2 Å². The van der Waals surface area contributed by atoms with Crippen molar-refractivity contribution in [1.82, 2.24) is 15.5 Å². The molecule has 0 saturated carbocycles. The van der Waals surface area contributed by atoms with Crippen LogP contribution in [0.1, 0.15) is 59.9 Å². The molecule has 1 aromatic carbocycles. The molecule has 36 heavy (non-hydrogen) atoms. The third kappa shape index (κ3) is 9.03. The van der Waals surface area contributed by atoms with Gasteiger partial charge in [-0.25, -0.2) is 0 Å². The molecule has 0 saturated heterocycles. The van der Waals surface area contributed by atoms with E-state index in [0.717, 1.165) is 22.6 Å². The maximum Gasteiger partial charge on any atom is 0.253 e. The number of imide groups is 1. The first kappa shape index (κ1) is 28.9. The standard InChI is InChI=1S/C27H38N4O5/c1-17(2)25(30-22(33)13-14-31-23(34)11-12-24(31)35)21(32)15-18(3)26(36)29-20-9-7-19(8-10-20)16-28-27(4,5)6/h7-12,17-18,25,28H,13-16H2,1-6H3,(H,29,36)(H,30,33)/t18-,25+/m1/s1. The van der Waals surface area contributed by atoms with Gasteiger partial charge < -0.3 is 16.0 Å². The number of Topliss-reactive ketones (excluding diaryl/α,β-unsaturated/α-hetero) is 1. The molecule has 4 amide bonds. The van der Waals surface area contributed by atoms with Crippen LogP contribution in [0.3, 0.4) is 0 Å². The Morgan fingerprint density at radius 1 is 0.944 bits per heavy atom. The highest BCUT2D eigenvalue weighted by Gasteiger charge is 2.29. The van der Waals surface area contributed by atoms with E-state index in [1.54, 1.807) is 20.8 Å². The van der Waals surface area contributed by atoms with Crippen molar-refractivity contribution in [3.63, 3.8) is 0 Å². The van der Waals surface area contributed by atoms with Crippen molar-refractivity contribution >= 4 is 35.1 Å². The van der Waals surface area contributed by atoms with Gasteiger partial charge in [-0.05, 0) is 44.4 Å². The highest BCUT2D eigenvalue weighted by molar-refractivity contribution is 6.13. The van der Waals surface area contributed by atoms with E-state index in [9.17, 15) is 24.0 Å². The first-order chi connectivity index (χ1) is 16.8. The number of nitrogens with zero attached hydrogens (tertiary/aromatic N) is 1. The molecule has 0 unspecified atom stereocenters. The van der Waals surface area contributed by atoms with Crippen molar-refractivity contribution in [1.29, 1.82) is 0 Å². The van der Waals surface area contributed by atoms with Gasteiger partial charge in [-0.2, -0.15) is 0 Å². The molecule has 9 nitrogen and oxygen atoms in total. The Morgan fingerprint density at radius 3 is 2.06 bits per heavy atom. The minimum absolute atomic E-state index is 0.00558. The van der Waals surface area contributed by atoms with Gasteiger partial charge in [0.25, 0.3) is 11.8 Å². The second-order valence-electron chi connectivity index (χ2n) is 10.6. The van der Waals surface area contributed by atoms with E-state index in [2.05, 4.69) is 36.7 Å². The molecule has 0 bridgehead atoms. The summed E-state index contributed by atoms with van der Waals surface area (Å²) in [6.07, 6.45) is 2.18. The third-order valence-corrected chi connectivity index (χ3v) is 5.79. The Hall–Kier alpha value is -3.33. The van der Waals surface area contributed by atoms with E-state index in [1.165, 1.54) is 0 Å². The lowest BCUT2D eigenvalue weighted by Gasteiger charge is -2.23. The number of hydrogen-bond donors (Lipinski definition) is 3. The Morgan fingerprint density at radius 2 is 1.53 bits per heavy atom. The number of carbonyl (C=O) groups is 5. The lowest BCUT2D eigenvalue weighted by Crippen LogP contribution is -2.46. The van der Waals surface area contributed by atoms with E-state index in [-0.39, 0.29) is 42.5 Å². The molecule has 1 heterocycles. The van der Waals surface area contributed by atoms with Gasteiger partial charge in [-0.3, -0.25) is 28.9 Å². The van der Waals surface area contributed by atoms with Gasteiger partial charge in [0.1, 0.15) is 0 Å². The molecule has 2 rings (SSSR count). The summed E-state index contributed by atoms with van der Waals surface area (Å²) < 4.78 is 0. The minimum Gasteiger partial charge on any atom is -0.346 e. The van der Waals surface area contributed by atoms with Crippen molar-refractivity contribution < 1.29 is 24.0 Å². The average molecular weight is 499 g/mol. The minimum atomic E-state index is -0.773. The molecule has 0 spiro atoms. The Balaban J connectivity index is 1.86. The molecular weight excluding hydrogens is 460 g/mol. The van der Waals surface area contributed by atoms with Crippen LogP contribution >= 0.6 is 0 Å². The zero-order valence-electron chi connectivity index (χ0n) is 22.0. The first-order valence-electron chi connectivity index (χ1n) is 12.3. The average Bonchev–Trinajstić information content (AvgIpc) is 3.11. The number of nitrogens with one attached hydrogen (secondary N) is 3. The van der Waals surface area contributed by atoms with Gasteiger partial charge in [-0.15, -0.1) is 0 Å². The summed E-state index contributed by atoms with van der Waals surface area (Å²) in [5, 5.41) is 8.95. The number of carbonyl (C=O) groups excluding carboxylic acids is 5. The van der Waals surface area contributed by atoms with Gasteiger partial charge >= 0.3 is 0 Å². The first-order valence-corrected chi connectivity index (χ1v) is 12.3. The van der Waals surface area contributed by atoms with E-state index < -0.39 is 29.7 Å². The van der Waals surface area contributed by atoms with E-state index in [0.29, 0.717) is 12.2 Å². The fraction of sp³-hybridized carbons (Fsp3) is 0.519. The molecule has 1 aliphatic rings. The van der Waals surface area contributed by atoms with Crippen molar-refractivity contribution in [2.45, 2.75) is 72.5 Å². The van der Waals surface area contributed by atoms with Crippen molar-refractivity contribution in [3.05, 3.63) is 42.0 Å². The molecule has 0 aliphatic carbocycles. The van der Waals surface area contributed by atoms with E-state index in [4.69, 9.17) is 0 Å². The molecule has 1 aliphatic heterocycles. The summed E-state index contributed by atoms with van der Waals surface area (Å²) >= 11 is 0. The lowest BCUT2D eigenvalue weighted by molar-refractivity contribution is -0.137. The summed E-state index contributed by atoms with van der Waals surface area (Å²) in [7, 11) is 0. The van der Waals surface area contributed by atoms with Crippen LogP contribution in [0.4, 0.5) is 5.69 Å². The number of benzene rings is 1. The number of rotatable bonds is 12. The highest BCUT2D eigenvalue weighted by atomic mass is 16.2. The van der Waals surface area contributed by atoms with Crippen molar-refractivity contribution in [2.24, 2.45) is 11.8 Å². The highest BCUT2D eigenvalue weighted by Crippen LogP contribution is 2.16. The molecule has 0 aromatic heterocycles. The molecule has 0 radical (unpaired) electrons. The largest absolute Gasteiger partial charge is 0.346 e. The fourth-order valence-electron chi connectivity index (χ4n) is 3.59. The molecule has 2 atom stereocenters. The Bertz CT molecular complexity index is 990. The number of anilines is 1. The van der Waals surface area contributed by atoms with Crippen LogP contribution in [-0.2, 0) is 30.5 Å². The second-order valence-corrected chi connectivity index (χ2v) is 10.6. The summed E-state index contributed by atoms with van der Waals surface area (Å²) in [6, 6.07) is 6.76. The van der Waals surface area contributed by atoms with Gasteiger partial charge in [0.2, 0.25) is 11.8 Å². The topological polar surface area (TPSA) is 125 Å². The Labute approximate surface area is 213 Å². The zero-order chi connectivity index (χ0) is 27.0. The SMILES string of the molecule is CC(C)[C@H](NC(=O)CCN1C(=O)C=CC1=O)C(=O)C[C@@H](C)C(=O)Nc1ccc(CNC(C)(C)C)cc1. The van der Waals surface area contributed by atoms with Gasteiger partial charge in [0.15, 0.2) is 5.78 Å². The smallest absolute Gasteiger partial charge is 0.253 e. The maximum atomic E-state index is 12.9. The van der Waals surface area contributed by atoms with E-state index in [1.807, 2.05) is 24.3 Å². The van der Waals surface area contributed by atoms with Crippen LogP contribution in [-0.4, -0.2) is 52.4 Å². The van der Waals surface area contributed by atoms with Crippen molar-refractivity contribution in [3.8, 4) is 0 Å². The monoisotopic (exact) mass is 498 g/mol. The molecule has 0 fully saturated rings. The van der Waals surface area contributed by atoms with Gasteiger partial charge in [-0.1, -0.05) is 32.9 Å². The van der Waals surface area contributed by atoms with Crippen LogP contribution in [0.15, 0.2) is 36.4 Å². The number of ketones is 1. The fourth-order valence-corrected chi connectivity index (χ4v) is 3.59. The molecule has 1 aromatic rings. The van der Waals surface area contributed by atoms with Crippen LogP contribution in [0.5, 0.6) is 0 Å². The summed E-state index contributed by atoms with van der Waals surface area (Å²) in [5.74, 6) is -2.67. The molecular formula is C27H38N4O5. The van der Waals surface area contributed by atoms with Crippen LogP contribution in [0.2, 0.25) is 0 Å². The Kier molecular flexibility index (Phi) is 10.1. The van der Waals surface area contributed by atoms with Crippen LogP contribution in [0, 0.1) is 11.8 Å². The van der Waals surface area contributed by atoms with Crippen LogP contribution < -0.4 is 16.0 Å². The lowest BCUT2D eigenvalue weighted by atomic mass is 9.92. The number of amides is 4. The van der Waals surface area contributed by atoms with Crippen molar-refractivity contribution in [2.75, 3.05) is 11.9 Å². The predicted octanol–water partition coefficient (Wildman–Crippen LogP) is 2.56. The summed E-state index contributed by atoms with van der Waals surface area (Å²) in [6.45, 7) is 12.2. The molecule has 9 heteroatoms. The number of hydrogen-bond acceptors (Lipinski definition) is 6.